The third-order valence-electron chi connectivity index (χ3n) is 4.89. The molecule has 4 rings (SSSR count). The van der Waals surface area contributed by atoms with Crippen LogP contribution in [-0.4, -0.2) is 38.0 Å². The fourth-order valence-electron chi connectivity index (χ4n) is 3.50. The second-order valence-electron chi connectivity index (χ2n) is 7.27. The number of rotatable bonds is 9. The number of nitrogens with zero attached hydrogens (tertiary/aromatic N) is 4. The summed E-state index contributed by atoms with van der Waals surface area (Å²) in [5.74, 6) is 0.611. The summed E-state index contributed by atoms with van der Waals surface area (Å²) in [5.41, 5.74) is 7.59. The molecule has 0 atom stereocenters. The van der Waals surface area contributed by atoms with Gasteiger partial charge in [0.15, 0.2) is 5.65 Å². The predicted octanol–water partition coefficient (Wildman–Crippen LogP) is 4.28. The fraction of sp³-hybridized carbons (Fsp3) is 0.304. The number of hydrogen-bond donors (Lipinski definition) is 1. The standard InChI is InChI=1S/C23H25N5O2S/c1-3-30-27-20(29)12-7-13-31-23-24-22-21(25-26-23)18-10-4-5-11-19(18)28(22)15-17-9-6-8-16(2)14-17/h4-6,8-11,14H,3,7,12-13,15H2,1-2H3,(H,27,29). The Morgan fingerprint density at radius 2 is 2.03 bits per heavy atom. The molecule has 31 heavy (non-hydrogen) atoms. The molecule has 0 unspecified atom stereocenters. The summed E-state index contributed by atoms with van der Waals surface area (Å²) in [6, 6.07) is 16.7. The summed E-state index contributed by atoms with van der Waals surface area (Å²) >= 11 is 1.51. The molecule has 8 heteroatoms. The first-order valence-corrected chi connectivity index (χ1v) is 11.3. The van der Waals surface area contributed by atoms with Crippen molar-refractivity contribution in [2.75, 3.05) is 12.4 Å². The van der Waals surface area contributed by atoms with Gasteiger partial charge < -0.3 is 4.57 Å². The van der Waals surface area contributed by atoms with Crippen molar-refractivity contribution < 1.29 is 9.63 Å². The van der Waals surface area contributed by atoms with Gasteiger partial charge in [0.1, 0.15) is 5.52 Å². The van der Waals surface area contributed by atoms with Crippen LogP contribution >= 0.6 is 11.8 Å². The van der Waals surface area contributed by atoms with Gasteiger partial charge in [-0.3, -0.25) is 9.63 Å². The number of benzene rings is 2. The van der Waals surface area contributed by atoms with Crippen molar-refractivity contribution in [1.29, 1.82) is 0 Å². The molecule has 0 aliphatic rings. The maximum absolute atomic E-state index is 11.6. The molecule has 0 fully saturated rings. The van der Waals surface area contributed by atoms with Gasteiger partial charge in [0.2, 0.25) is 11.1 Å². The SMILES string of the molecule is CCONC(=O)CCCSc1nnc2c3ccccc3n(Cc3cccc(C)c3)c2n1. The Morgan fingerprint density at radius 1 is 1.16 bits per heavy atom. The molecule has 0 saturated carbocycles. The zero-order valence-electron chi connectivity index (χ0n) is 17.7. The van der Waals surface area contributed by atoms with E-state index in [1.807, 2.05) is 19.1 Å². The number of thioether (sulfide) groups is 1. The van der Waals surface area contributed by atoms with Crippen LogP contribution in [0.15, 0.2) is 53.7 Å². The molecule has 1 N–H and O–H groups in total. The van der Waals surface area contributed by atoms with Crippen LogP contribution in [0.5, 0.6) is 0 Å². The number of nitrogens with one attached hydrogen (secondary N) is 1. The molecule has 7 nitrogen and oxygen atoms in total. The maximum Gasteiger partial charge on any atom is 0.243 e. The van der Waals surface area contributed by atoms with Gasteiger partial charge in [0, 0.05) is 24.1 Å². The Hall–Kier alpha value is -2.97. The van der Waals surface area contributed by atoms with E-state index < -0.39 is 0 Å². The highest BCUT2D eigenvalue weighted by molar-refractivity contribution is 7.99. The van der Waals surface area contributed by atoms with Gasteiger partial charge in [0.25, 0.3) is 0 Å². The van der Waals surface area contributed by atoms with Crippen molar-refractivity contribution in [2.24, 2.45) is 0 Å². The number of para-hydroxylation sites is 1. The van der Waals surface area contributed by atoms with Crippen molar-refractivity contribution in [3.8, 4) is 0 Å². The summed E-state index contributed by atoms with van der Waals surface area (Å²) in [7, 11) is 0. The van der Waals surface area contributed by atoms with Crippen LogP contribution in [0.2, 0.25) is 0 Å². The van der Waals surface area contributed by atoms with Crippen molar-refractivity contribution in [2.45, 2.75) is 38.4 Å². The molecule has 160 valence electrons. The fourth-order valence-corrected chi connectivity index (χ4v) is 4.22. The summed E-state index contributed by atoms with van der Waals surface area (Å²) in [6.07, 6.45) is 1.10. The van der Waals surface area contributed by atoms with Crippen molar-refractivity contribution in [3.63, 3.8) is 0 Å². The van der Waals surface area contributed by atoms with E-state index in [0.29, 0.717) is 31.1 Å². The molecule has 0 spiro atoms. The number of amides is 1. The molecule has 0 aliphatic carbocycles. The number of fused-ring (bicyclic) bond motifs is 3. The Balaban J connectivity index is 1.56. The van der Waals surface area contributed by atoms with Crippen LogP contribution in [0, 0.1) is 6.92 Å². The van der Waals surface area contributed by atoms with E-state index >= 15 is 0 Å². The van der Waals surface area contributed by atoms with E-state index in [1.165, 1.54) is 22.9 Å². The van der Waals surface area contributed by atoms with Crippen molar-refractivity contribution >= 4 is 39.7 Å². The number of hydrogen-bond acceptors (Lipinski definition) is 6. The molecule has 2 aromatic carbocycles. The average Bonchev–Trinajstić information content (AvgIpc) is 3.08. The van der Waals surface area contributed by atoms with Crippen LogP contribution < -0.4 is 5.48 Å². The number of aromatic nitrogens is 4. The third kappa shape index (κ3) is 5.03. The second kappa shape index (κ2) is 9.89. The monoisotopic (exact) mass is 435 g/mol. The van der Waals surface area contributed by atoms with Gasteiger partial charge >= 0.3 is 0 Å². The summed E-state index contributed by atoms with van der Waals surface area (Å²) in [6.45, 7) is 5.10. The van der Waals surface area contributed by atoms with Crippen LogP contribution in [-0.2, 0) is 16.2 Å². The second-order valence-corrected chi connectivity index (χ2v) is 8.33. The smallest absolute Gasteiger partial charge is 0.243 e. The molecule has 0 bridgehead atoms. The van der Waals surface area contributed by atoms with E-state index in [0.717, 1.165) is 27.8 Å². The summed E-state index contributed by atoms with van der Waals surface area (Å²) in [4.78, 5) is 21.4. The van der Waals surface area contributed by atoms with Gasteiger partial charge in [-0.05, 0) is 31.9 Å². The zero-order chi connectivity index (χ0) is 21.6. The number of carbonyl (C=O) groups excluding carboxylic acids is 1. The largest absolute Gasteiger partial charge is 0.319 e. The number of aryl methyl sites for hydroxylation is 1. The molecular weight excluding hydrogens is 410 g/mol. The van der Waals surface area contributed by atoms with Crippen LogP contribution in [0.1, 0.15) is 30.9 Å². The van der Waals surface area contributed by atoms with Crippen LogP contribution in [0.25, 0.3) is 22.1 Å². The maximum atomic E-state index is 11.6. The topological polar surface area (TPSA) is 81.9 Å². The Labute approximate surface area is 185 Å². The molecular formula is C23H25N5O2S. The van der Waals surface area contributed by atoms with E-state index in [9.17, 15) is 4.79 Å². The Morgan fingerprint density at radius 3 is 2.87 bits per heavy atom. The van der Waals surface area contributed by atoms with Gasteiger partial charge in [0.05, 0.1) is 12.1 Å². The van der Waals surface area contributed by atoms with Gasteiger partial charge in [-0.2, -0.15) is 0 Å². The minimum Gasteiger partial charge on any atom is -0.319 e. The van der Waals surface area contributed by atoms with E-state index in [2.05, 4.69) is 63.6 Å². The molecule has 0 radical (unpaired) electrons. The number of hydroxylamine groups is 1. The highest BCUT2D eigenvalue weighted by Gasteiger charge is 2.15. The first-order chi connectivity index (χ1) is 15.2. The van der Waals surface area contributed by atoms with Crippen molar-refractivity contribution in [3.05, 3.63) is 59.7 Å². The van der Waals surface area contributed by atoms with Crippen molar-refractivity contribution in [1.82, 2.24) is 25.2 Å². The Bertz CT molecular complexity index is 1210. The molecule has 1 amide bonds. The highest BCUT2D eigenvalue weighted by Crippen LogP contribution is 2.28. The zero-order valence-corrected chi connectivity index (χ0v) is 18.5. The quantitative estimate of drug-likeness (QED) is 0.240. The van der Waals surface area contributed by atoms with Gasteiger partial charge in [-0.25, -0.2) is 10.5 Å². The Kier molecular flexibility index (Phi) is 6.79. The minimum atomic E-state index is -0.116. The first kappa shape index (κ1) is 21.3. The molecule has 4 aromatic rings. The highest BCUT2D eigenvalue weighted by atomic mass is 32.2. The summed E-state index contributed by atoms with van der Waals surface area (Å²) in [5, 5.41) is 10.5. The normalized spacial score (nSPS) is 11.3. The molecule has 0 aliphatic heterocycles. The predicted molar refractivity (Wildman–Crippen MR) is 123 cm³/mol. The number of carbonyl (C=O) groups is 1. The van der Waals surface area contributed by atoms with E-state index in [-0.39, 0.29) is 5.91 Å². The summed E-state index contributed by atoms with van der Waals surface area (Å²) < 4.78 is 2.20. The van der Waals surface area contributed by atoms with Gasteiger partial charge in [-0.1, -0.05) is 59.8 Å². The molecule has 2 aromatic heterocycles. The van der Waals surface area contributed by atoms with Crippen LogP contribution in [0.4, 0.5) is 0 Å². The van der Waals surface area contributed by atoms with E-state index in [1.54, 1.807) is 0 Å². The lowest BCUT2D eigenvalue weighted by molar-refractivity contribution is -0.133. The lowest BCUT2D eigenvalue weighted by Gasteiger charge is -2.08. The third-order valence-corrected chi connectivity index (χ3v) is 5.81. The molecule has 0 saturated heterocycles. The minimum absolute atomic E-state index is 0.116. The average molecular weight is 436 g/mol. The van der Waals surface area contributed by atoms with E-state index in [4.69, 9.17) is 9.82 Å². The first-order valence-electron chi connectivity index (χ1n) is 10.4. The lowest BCUT2D eigenvalue weighted by Crippen LogP contribution is -2.23. The molecule has 2 heterocycles. The van der Waals surface area contributed by atoms with Crippen LogP contribution in [0.3, 0.4) is 0 Å². The lowest BCUT2D eigenvalue weighted by atomic mass is 10.1. The van der Waals surface area contributed by atoms with Gasteiger partial charge in [-0.15, -0.1) is 10.2 Å².